The Labute approximate surface area is 123 Å². The average Bonchev–Trinajstić information content (AvgIpc) is 2.49. The monoisotopic (exact) mass is 285 g/mol. The van der Waals surface area contributed by atoms with Crippen LogP contribution in [0.4, 0.5) is 0 Å². The fraction of sp³-hybridized carbons (Fsp3) is 0.938. The molecule has 1 rings (SSSR count). The lowest BCUT2D eigenvalue weighted by Gasteiger charge is -2.20. The summed E-state index contributed by atoms with van der Waals surface area (Å²) in [4.78, 5) is 11.8. The zero-order valence-electron chi connectivity index (χ0n) is 12.8. The number of hydrogen-bond acceptors (Lipinski definition) is 4. The van der Waals surface area contributed by atoms with Crippen molar-refractivity contribution in [3.05, 3.63) is 0 Å². The maximum Gasteiger partial charge on any atom is 0.133 e. The van der Waals surface area contributed by atoms with Crippen molar-refractivity contribution in [2.24, 2.45) is 11.7 Å². The summed E-state index contributed by atoms with van der Waals surface area (Å²) < 4.78 is 10.6. The Balaban J connectivity index is 1.84. The van der Waals surface area contributed by atoms with Gasteiger partial charge >= 0.3 is 0 Å². The highest BCUT2D eigenvalue weighted by Crippen LogP contribution is 2.27. The quantitative estimate of drug-likeness (QED) is 0.560. The van der Waals surface area contributed by atoms with E-state index in [4.69, 9.17) is 15.2 Å². The van der Waals surface area contributed by atoms with Gasteiger partial charge in [0.2, 0.25) is 0 Å². The Bertz CT molecular complexity index is 240. The second kappa shape index (κ2) is 12.3. The highest BCUT2D eigenvalue weighted by Gasteiger charge is 2.14. The van der Waals surface area contributed by atoms with E-state index in [9.17, 15) is 4.79 Å². The Morgan fingerprint density at radius 2 is 1.65 bits per heavy atom. The molecule has 0 amide bonds. The maximum atomic E-state index is 11.8. The number of ether oxygens (including phenoxy) is 2. The van der Waals surface area contributed by atoms with Crippen LogP contribution in [0.1, 0.15) is 57.8 Å². The van der Waals surface area contributed by atoms with Crippen LogP contribution in [0.25, 0.3) is 0 Å². The lowest BCUT2D eigenvalue weighted by molar-refractivity contribution is -0.119. The summed E-state index contributed by atoms with van der Waals surface area (Å²) in [5, 5.41) is 0. The van der Waals surface area contributed by atoms with Crippen LogP contribution >= 0.6 is 0 Å². The fourth-order valence-electron chi connectivity index (χ4n) is 2.74. The molecule has 0 heterocycles. The third-order valence-corrected chi connectivity index (χ3v) is 3.93. The molecule has 1 saturated carbocycles. The van der Waals surface area contributed by atoms with E-state index in [1.165, 1.54) is 32.1 Å². The lowest BCUT2D eigenvalue weighted by Crippen LogP contribution is -2.12. The van der Waals surface area contributed by atoms with Gasteiger partial charge in [-0.25, -0.2) is 0 Å². The summed E-state index contributed by atoms with van der Waals surface area (Å²) in [7, 11) is 0. The van der Waals surface area contributed by atoms with Crippen molar-refractivity contribution < 1.29 is 14.3 Å². The molecule has 4 nitrogen and oxygen atoms in total. The summed E-state index contributed by atoms with van der Waals surface area (Å²) in [6, 6.07) is 0. The number of Topliss-reactive ketones (excluding diaryl/α,β-unsaturated/α-hetero) is 1. The van der Waals surface area contributed by atoms with E-state index in [1.807, 2.05) is 0 Å². The van der Waals surface area contributed by atoms with Gasteiger partial charge in [0, 0.05) is 26.0 Å². The van der Waals surface area contributed by atoms with Crippen molar-refractivity contribution in [3.8, 4) is 0 Å². The third-order valence-electron chi connectivity index (χ3n) is 3.93. The number of nitrogens with two attached hydrogens (primary N) is 1. The summed E-state index contributed by atoms with van der Waals surface area (Å²) in [5.74, 6) is 1.21. The molecule has 4 heteroatoms. The minimum Gasteiger partial charge on any atom is -0.379 e. The van der Waals surface area contributed by atoms with E-state index in [-0.39, 0.29) is 0 Å². The van der Waals surface area contributed by atoms with Crippen LogP contribution in [0.3, 0.4) is 0 Å². The van der Waals surface area contributed by atoms with Gasteiger partial charge in [0.05, 0.1) is 19.8 Å². The van der Waals surface area contributed by atoms with Gasteiger partial charge in [-0.3, -0.25) is 4.79 Å². The molecule has 0 aromatic heterocycles. The van der Waals surface area contributed by atoms with Crippen molar-refractivity contribution in [1.29, 1.82) is 0 Å². The van der Waals surface area contributed by atoms with Crippen LogP contribution in [-0.2, 0) is 14.3 Å². The first kappa shape index (κ1) is 17.6. The first-order valence-electron chi connectivity index (χ1n) is 8.20. The second-order valence-corrected chi connectivity index (χ2v) is 5.70. The molecule has 0 aromatic carbocycles. The van der Waals surface area contributed by atoms with Crippen molar-refractivity contribution in [3.63, 3.8) is 0 Å². The minimum absolute atomic E-state index is 0.401. The summed E-state index contributed by atoms with van der Waals surface area (Å²) in [5.41, 5.74) is 5.30. The molecule has 2 N–H and O–H groups in total. The van der Waals surface area contributed by atoms with E-state index in [1.54, 1.807) is 0 Å². The highest BCUT2D eigenvalue weighted by atomic mass is 16.5. The van der Waals surface area contributed by atoms with Crippen LogP contribution < -0.4 is 5.73 Å². The fourth-order valence-corrected chi connectivity index (χ4v) is 2.74. The van der Waals surface area contributed by atoms with Crippen molar-refractivity contribution >= 4 is 5.78 Å². The van der Waals surface area contributed by atoms with Gasteiger partial charge in [0.1, 0.15) is 5.78 Å². The number of rotatable bonds is 12. The van der Waals surface area contributed by atoms with Crippen LogP contribution in [0.5, 0.6) is 0 Å². The summed E-state index contributed by atoms with van der Waals surface area (Å²) in [6.07, 6.45) is 10.1. The lowest BCUT2D eigenvalue weighted by atomic mass is 9.85. The SMILES string of the molecule is NCCOCCOCCCC(=O)CCC1CCCCC1. The third kappa shape index (κ3) is 9.45. The van der Waals surface area contributed by atoms with Crippen LogP contribution in [0, 0.1) is 5.92 Å². The molecule has 0 saturated heterocycles. The summed E-state index contributed by atoms with van der Waals surface area (Å²) in [6.45, 7) is 2.97. The number of carbonyl (C=O) groups is 1. The zero-order valence-corrected chi connectivity index (χ0v) is 12.8. The Hall–Kier alpha value is -0.450. The van der Waals surface area contributed by atoms with E-state index in [0.717, 1.165) is 25.2 Å². The van der Waals surface area contributed by atoms with Crippen LogP contribution in [0.15, 0.2) is 0 Å². The van der Waals surface area contributed by atoms with Gasteiger partial charge < -0.3 is 15.2 Å². The van der Waals surface area contributed by atoms with E-state index < -0.39 is 0 Å². The van der Waals surface area contributed by atoms with Gasteiger partial charge in [-0.15, -0.1) is 0 Å². The average molecular weight is 285 g/mol. The molecule has 0 aliphatic heterocycles. The predicted octanol–water partition coefficient (Wildman–Crippen LogP) is 2.69. The Morgan fingerprint density at radius 1 is 0.950 bits per heavy atom. The first-order valence-corrected chi connectivity index (χ1v) is 8.20. The van der Waals surface area contributed by atoms with Crippen LogP contribution in [0.2, 0.25) is 0 Å². The van der Waals surface area contributed by atoms with Crippen molar-refractivity contribution in [2.75, 3.05) is 33.0 Å². The Kier molecular flexibility index (Phi) is 10.8. The molecule has 0 radical (unpaired) electrons. The molecule has 0 aromatic rings. The Morgan fingerprint density at radius 3 is 2.35 bits per heavy atom. The molecule has 118 valence electrons. The standard InChI is InChI=1S/C16H31NO3/c17-10-12-20-14-13-19-11-4-7-16(18)9-8-15-5-2-1-3-6-15/h15H,1-14,17H2. The molecule has 0 unspecified atom stereocenters. The molecule has 0 atom stereocenters. The van der Waals surface area contributed by atoms with Gasteiger partial charge in [0.25, 0.3) is 0 Å². The summed E-state index contributed by atoms with van der Waals surface area (Å²) >= 11 is 0. The molecule has 1 fully saturated rings. The molecule has 0 bridgehead atoms. The molecular formula is C16H31NO3. The molecule has 1 aliphatic rings. The normalized spacial score (nSPS) is 16.4. The van der Waals surface area contributed by atoms with E-state index >= 15 is 0 Å². The molecule has 1 aliphatic carbocycles. The van der Waals surface area contributed by atoms with Gasteiger partial charge in [-0.05, 0) is 18.8 Å². The van der Waals surface area contributed by atoms with Gasteiger partial charge in [0.15, 0.2) is 0 Å². The maximum absolute atomic E-state index is 11.8. The first-order chi connectivity index (χ1) is 9.83. The second-order valence-electron chi connectivity index (χ2n) is 5.70. The number of hydrogen-bond donors (Lipinski definition) is 1. The van der Waals surface area contributed by atoms with Gasteiger partial charge in [-0.2, -0.15) is 0 Å². The number of ketones is 1. The van der Waals surface area contributed by atoms with E-state index in [0.29, 0.717) is 45.2 Å². The topological polar surface area (TPSA) is 61.6 Å². The van der Waals surface area contributed by atoms with Crippen molar-refractivity contribution in [2.45, 2.75) is 57.8 Å². The number of carbonyl (C=O) groups excluding carboxylic acids is 1. The van der Waals surface area contributed by atoms with E-state index in [2.05, 4.69) is 0 Å². The smallest absolute Gasteiger partial charge is 0.133 e. The van der Waals surface area contributed by atoms with Crippen molar-refractivity contribution in [1.82, 2.24) is 0 Å². The highest BCUT2D eigenvalue weighted by molar-refractivity contribution is 5.78. The molecule has 0 spiro atoms. The van der Waals surface area contributed by atoms with Gasteiger partial charge in [-0.1, -0.05) is 32.1 Å². The minimum atomic E-state index is 0.401. The molecule has 20 heavy (non-hydrogen) atoms. The zero-order chi connectivity index (χ0) is 14.5. The predicted molar refractivity (Wildman–Crippen MR) is 80.7 cm³/mol. The largest absolute Gasteiger partial charge is 0.379 e. The van der Waals surface area contributed by atoms with Crippen LogP contribution in [-0.4, -0.2) is 38.8 Å². The molecular weight excluding hydrogens is 254 g/mol.